The third kappa shape index (κ3) is 3.38. The lowest BCUT2D eigenvalue weighted by atomic mass is 10.3. The normalized spacial score (nSPS) is 9.79. The van der Waals surface area contributed by atoms with Gasteiger partial charge < -0.3 is 10.0 Å². The standard InChI is InChI=1S/C9H13N3O2/c1-12(7-3-5-9(13)14)8-4-2-6-10-11-8/h2,4,6H,3,5,7H2,1H3,(H,13,14). The van der Waals surface area contributed by atoms with Gasteiger partial charge in [-0.1, -0.05) is 0 Å². The highest BCUT2D eigenvalue weighted by atomic mass is 16.4. The molecule has 0 radical (unpaired) electrons. The number of hydrogen-bond acceptors (Lipinski definition) is 4. The van der Waals surface area contributed by atoms with E-state index in [0.29, 0.717) is 13.0 Å². The van der Waals surface area contributed by atoms with E-state index in [1.807, 2.05) is 18.0 Å². The van der Waals surface area contributed by atoms with E-state index in [2.05, 4.69) is 10.2 Å². The van der Waals surface area contributed by atoms with Crippen molar-refractivity contribution < 1.29 is 9.90 Å². The summed E-state index contributed by atoms with van der Waals surface area (Å²) in [5.41, 5.74) is 0. The number of carboxylic acids is 1. The average Bonchev–Trinajstić information content (AvgIpc) is 2.18. The third-order valence-corrected chi connectivity index (χ3v) is 1.83. The van der Waals surface area contributed by atoms with Gasteiger partial charge in [-0.15, -0.1) is 5.10 Å². The fourth-order valence-corrected chi connectivity index (χ4v) is 1.08. The van der Waals surface area contributed by atoms with Gasteiger partial charge in [0.25, 0.3) is 0 Å². The largest absolute Gasteiger partial charge is 0.481 e. The summed E-state index contributed by atoms with van der Waals surface area (Å²) in [6.07, 6.45) is 2.40. The first-order valence-electron chi connectivity index (χ1n) is 4.41. The Kier molecular flexibility index (Phi) is 3.84. The Labute approximate surface area is 82.4 Å². The molecule has 1 N–H and O–H groups in total. The summed E-state index contributed by atoms with van der Waals surface area (Å²) in [7, 11) is 1.87. The molecule has 76 valence electrons. The fourth-order valence-electron chi connectivity index (χ4n) is 1.08. The Bertz CT molecular complexity index is 289. The molecule has 0 atom stereocenters. The molecule has 0 fully saturated rings. The van der Waals surface area contributed by atoms with Gasteiger partial charge in [0.1, 0.15) is 0 Å². The zero-order valence-corrected chi connectivity index (χ0v) is 8.05. The molecule has 14 heavy (non-hydrogen) atoms. The van der Waals surface area contributed by atoms with Gasteiger partial charge in [-0.3, -0.25) is 4.79 Å². The minimum absolute atomic E-state index is 0.185. The molecule has 5 nitrogen and oxygen atoms in total. The van der Waals surface area contributed by atoms with Gasteiger partial charge in [0.05, 0.1) is 0 Å². The Hall–Kier alpha value is -1.65. The minimum Gasteiger partial charge on any atom is -0.481 e. The van der Waals surface area contributed by atoms with E-state index in [9.17, 15) is 4.79 Å². The van der Waals surface area contributed by atoms with Gasteiger partial charge in [-0.05, 0) is 18.6 Å². The number of anilines is 1. The first-order valence-corrected chi connectivity index (χ1v) is 4.41. The van der Waals surface area contributed by atoms with Crippen molar-refractivity contribution in [2.75, 3.05) is 18.5 Å². The lowest BCUT2D eigenvalue weighted by Crippen LogP contribution is -2.20. The van der Waals surface area contributed by atoms with Gasteiger partial charge in [0, 0.05) is 26.2 Å². The number of carbonyl (C=O) groups is 1. The second-order valence-electron chi connectivity index (χ2n) is 3.00. The van der Waals surface area contributed by atoms with Crippen molar-refractivity contribution in [3.8, 4) is 0 Å². The van der Waals surface area contributed by atoms with E-state index in [4.69, 9.17) is 5.11 Å². The molecule has 0 bridgehead atoms. The summed E-state index contributed by atoms with van der Waals surface area (Å²) in [4.78, 5) is 12.2. The highest BCUT2D eigenvalue weighted by Gasteiger charge is 2.03. The van der Waals surface area contributed by atoms with E-state index in [0.717, 1.165) is 5.82 Å². The molecule has 5 heteroatoms. The van der Waals surface area contributed by atoms with Crippen LogP contribution in [-0.4, -0.2) is 34.9 Å². The quantitative estimate of drug-likeness (QED) is 0.752. The SMILES string of the molecule is CN(CCCC(=O)O)c1cccnn1. The van der Waals surface area contributed by atoms with E-state index < -0.39 is 5.97 Å². The third-order valence-electron chi connectivity index (χ3n) is 1.83. The zero-order chi connectivity index (χ0) is 10.4. The summed E-state index contributed by atoms with van der Waals surface area (Å²) in [5, 5.41) is 16.1. The Morgan fingerprint density at radius 2 is 2.43 bits per heavy atom. The van der Waals surface area contributed by atoms with Crippen LogP contribution in [-0.2, 0) is 4.79 Å². The van der Waals surface area contributed by atoms with Crippen LogP contribution < -0.4 is 4.90 Å². The molecule has 0 aliphatic heterocycles. The lowest BCUT2D eigenvalue weighted by molar-refractivity contribution is -0.137. The van der Waals surface area contributed by atoms with E-state index in [1.165, 1.54) is 0 Å². The molecule has 1 heterocycles. The number of hydrogen-bond donors (Lipinski definition) is 1. The van der Waals surface area contributed by atoms with Crippen LogP contribution in [0.2, 0.25) is 0 Å². The highest BCUT2D eigenvalue weighted by molar-refractivity contribution is 5.66. The average molecular weight is 195 g/mol. The molecule has 1 aromatic rings. The van der Waals surface area contributed by atoms with Crippen molar-refractivity contribution in [3.05, 3.63) is 18.3 Å². The lowest BCUT2D eigenvalue weighted by Gasteiger charge is -2.16. The van der Waals surface area contributed by atoms with Gasteiger partial charge in [0.2, 0.25) is 0 Å². The number of aliphatic carboxylic acids is 1. The molecule has 1 aromatic heterocycles. The predicted molar refractivity (Wildman–Crippen MR) is 52.2 cm³/mol. The molecule has 0 saturated heterocycles. The van der Waals surface area contributed by atoms with Crippen LogP contribution in [0.15, 0.2) is 18.3 Å². The van der Waals surface area contributed by atoms with Crippen LogP contribution in [0, 0.1) is 0 Å². The van der Waals surface area contributed by atoms with Crippen molar-refractivity contribution in [2.45, 2.75) is 12.8 Å². The van der Waals surface area contributed by atoms with Crippen LogP contribution in [0.4, 0.5) is 5.82 Å². The van der Waals surface area contributed by atoms with Gasteiger partial charge in [0.15, 0.2) is 5.82 Å². The van der Waals surface area contributed by atoms with Crippen LogP contribution in [0.25, 0.3) is 0 Å². The van der Waals surface area contributed by atoms with E-state index in [1.54, 1.807) is 12.3 Å². The molecule has 1 rings (SSSR count). The maximum Gasteiger partial charge on any atom is 0.303 e. The fraction of sp³-hybridized carbons (Fsp3) is 0.444. The minimum atomic E-state index is -0.766. The van der Waals surface area contributed by atoms with Crippen molar-refractivity contribution >= 4 is 11.8 Å². The summed E-state index contributed by atoms with van der Waals surface area (Å²) in [6, 6.07) is 3.64. The summed E-state index contributed by atoms with van der Waals surface area (Å²) >= 11 is 0. The van der Waals surface area contributed by atoms with Crippen LogP contribution in [0.3, 0.4) is 0 Å². The Balaban J connectivity index is 2.36. The van der Waals surface area contributed by atoms with Crippen molar-refractivity contribution in [1.82, 2.24) is 10.2 Å². The molecule has 0 aromatic carbocycles. The monoisotopic (exact) mass is 195 g/mol. The maximum atomic E-state index is 10.3. The first kappa shape index (κ1) is 10.4. The van der Waals surface area contributed by atoms with Crippen LogP contribution in [0.5, 0.6) is 0 Å². The van der Waals surface area contributed by atoms with E-state index in [-0.39, 0.29) is 6.42 Å². The molecule has 0 aliphatic rings. The maximum absolute atomic E-state index is 10.3. The molecule has 0 amide bonds. The highest BCUT2D eigenvalue weighted by Crippen LogP contribution is 2.06. The van der Waals surface area contributed by atoms with Crippen LogP contribution in [0.1, 0.15) is 12.8 Å². The second-order valence-corrected chi connectivity index (χ2v) is 3.00. The van der Waals surface area contributed by atoms with Gasteiger partial charge in [-0.25, -0.2) is 0 Å². The first-order chi connectivity index (χ1) is 6.70. The molecule has 0 aliphatic carbocycles. The Morgan fingerprint density at radius 3 is 3.00 bits per heavy atom. The number of nitrogens with zero attached hydrogens (tertiary/aromatic N) is 3. The Morgan fingerprint density at radius 1 is 1.64 bits per heavy atom. The number of rotatable bonds is 5. The molecular weight excluding hydrogens is 182 g/mol. The molecule has 0 saturated carbocycles. The summed E-state index contributed by atoms with van der Waals surface area (Å²) < 4.78 is 0. The van der Waals surface area contributed by atoms with Gasteiger partial charge >= 0.3 is 5.97 Å². The molecule has 0 unspecified atom stereocenters. The zero-order valence-electron chi connectivity index (χ0n) is 8.05. The van der Waals surface area contributed by atoms with Gasteiger partial charge in [-0.2, -0.15) is 5.10 Å². The summed E-state index contributed by atoms with van der Waals surface area (Å²) in [5.74, 6) is -0.00423. The topological polar surface area (TPSA) is 66.3 Å². The summed E-state index contributed by atoms with van der Waals surface area (Å²) in [6.45, 7) is 0.672. The van der Waals surface area contributed by atoms with Crippen LogP contribution >= 0.6 is 0 Å². The number of aromatic nitrogens is 2. The number of carboxylic acid groups (broad SMARTS) is 1. The van der Waals surface area contributed by atoms with Crippen molar-refractivity contribution in [1.29, 1.82) is 0 Å². The van der Waals surface area contributed by atoms with E-state index >= 15 is 0 Å². The molecule has 0 spiro atoms. The van der Waals surface area contributed by atoms with Crippen molar-refractivity contribution in [3.63, 3.8) is 0 Å². The smallest absolute Gasteiger partial charge is 0.303 e. The molecular formula is C9H13N3O2. The van der Waals surface area contributed by atoms with Crippen molar-refractivity contribution in [2.24, 2.45) is 0 Å². The predicted octanol–water partition coefficient (Wildman–Crippen LogP) is 0.778. The second kappa shape index (κ2) is 5.16.